The molecule has 2 aromatic rings. The Labute approximate surface area is 135 Å². The van der Waals surface area contributed by atoms with Gasteiger partial charge in [0.1, 0.15) is 6.04 Å². The van der Waals surface area contributed by atoms with Crippen molar-refractivity contribution in [3.63, 3.8) is 0 Å². The highest BCUT2D eigenvalue weighted by Gasteiger charge is 2.37. The fourth-order valence-electron chi connectivity index (χ4n) is 3.03. The van der Waals surface area contributed by atoms with Gasteiger partial charge in [0.15, 0.2) is 0 Å². The van der Waals surface area contributed by atoms with Crippen LogP contribution < -0.4 is 5.32 Å². The van der Waals surface area contributed by atoms with Crippen molar-refractivity contribution in [2.45, 2.75) is 30.2 Å². The molecule has 1 saturated heterocycles. The van der Waals surface area contributed by atoms with Crippen molar-refractivity contribution in [2.24, 2.45) is 7.05 Å². The van der Waals surface area contributed by atoms with Crippen molar-refractivity contribution in [1.82, 2.24) is 19.2 Å². The van der Waals surface area contributed by atoms with Gasteiger partial charge in [-0.25, -0.2) is 13.4 Å². The van der Waals surface area contributed by atoms with E-state index >= 15 is 0 Å². The van der Waals surface area contributed by atoms with E-state index in [2.05, 4.69) is 10.3 Å². The minimum absolute atomic E-state index is 0.180. The van der Waals surface area contributed by atoms with Crippen LogP contribution >= 0.6 is 0 Å². The summed E-state index contributed by atoms with van der Waals surface area (Å²) >= 11 is 0. The normalized spacial score (nSPS) is 19.8. The summed E-state index contributed by atoms with van der Waals surface area (Å²) in [5.41, 5.74) is 1.49. The summed E-state index contributed by atoms with van der Waals surface area (Å²) in [6.45, 7) is 0.362. The highest BCUT2D eigenvalue weighted by atomic mass is 32.2. The molecule has 0 aliphatic carbocycles. The summed E-state index contributed by atoms with van der Waals surface area (Å²) in [6.07, 6.45) is 3.81. The van der Waals surface area contributed by atoms with Gasteiger partial charge in [0.2, 0.25) is 15.9 Å². The van der Waals surface area contributed by atoms with E-state index in [1.54, 1.807) is 24.5 Å². The second-order valence-electron chi connectivity index (χ2n) is 5.75. The SMILES string of the molecule is CNC(=O)C1CCCCN1S(=O)(=O)c1ccc2c(c1)ncn2C. The van der Waals surface area contributed by atoms with E-state index < -0.39 is 16.1 Å². The molecule has 8 heteroatoms. The van der Waals surface area contributed by atoms with Crippen molar-refractivity contribution in [1.29, 1.82) is 0 Å². The number of nitrogens with one attached hydrogen (secondary N) is 1. The predicted molar refractivity (Wildman–Crippen MR) is 86.3 cm³/mol. The first-order valence-corrected chi connectivity index (χ1v) is 9.03. The lowest BCUT2D eigenvalue weighted by Gasteiger charge is -2.33. The molecule has 1 aliphatic heterocycles. The fraction of sp³-hybridized carbons (Fsp3) is 0.467. The molecule has 1 aromatic heterocycles. The zero-order valence-corrected chi connectivity index (χ0v) is 14.0. The van der Waals surface area contributed by atoms with Crippen molar-refractivity contribution < 1.29 is 13.2 Å². The summed E-state index contributed by atoms with van der Waals surface area (Å²) in [6, 6.07) is 4.25. The number of aryl methyl sites for hydroxylation is 1. The van der Waals surface area contributed by atoms with Gasteiger partial charge in [-0.3, -0.25) is 4.79 Å². The van der Waals surface area contributed by atoms with Crippen LogP contribution in [0.4, 0.5) is 0 Å². The number of rotatable bonds is 3. The second-order valence-corrected chi connectivity index (χ2v) is 7.64. The van der Waals surface area contributed by atoms with Crippen molar-refractivity contribution in [3.8, 4) is 0 Å². The van der Waals surface area contributed by atoms with E-state index in [1.165, 1.54) is 11.4 Å². The van der Waals surface area contributed by atoms with Crippen molar-refractivity contribution >= 4 is 27.0 Å². The number of hydrogen-bond donors (Lipinski definition) is 1. The summed E-state index contributed by atoms with van der Waals surface area (Å²) in [4.78, 5) is 16.4. The maximum Gasteiger partial charge on any atom is 0.243 e. The molecule has 0 saturated carbocycles. The number of piperidine rings is 1. The van der Waals surface area contributed by atoms with Gasteiger partial charge in [-0.15, -0.1) is 0 Å². The van der Waals surface area contributed by atoms with E-state index in [0.717, 1.165) is 18.4 Å². The molecule has 0 spiro atoms. The molecule has 124 valence electrons. The first-order valence-electron chi connectivity index (χ1n) is 7.59. The number of carbonyl (C=O) groups is 1. The van der Waals surface area contributed by atoms with E-state index in [4.69, 9.17) is 0 Å². The summed E-state index contributed by atoms with van der Waals surface area (Å²) in [5, 5.41) is 2.56. The number of fused-ring (bicyclic) bond motifs is 1. The number of imidazole rings is 1. The Kier molecular flexibility index (Phi) is 4.11. The minimum Gasteiger partial charge on any atom is -0.358 e. The van der Waals surface area contributed by atoms with Gasteiger partial charge < -0.3 is 9.88 Å². The smallest absolute Gasteiger partial charge is 0.243 e. The third kappa shape index (κ3) is 2.72. The molecule has 1 aliphatic rings. The van der Waals surface area contributed by atoms with Crippen LogP contribution in [0.25, 0.3) is 11.0 Å². The molecule has 1 atom stereocenters. The van der Waals surface area contributed by atoms with Gasteiger partial charge in [-0.05, 0) is 31.0 Å². The molecule has 3 rings (SSSR count). The van der Waals surface area contributed by atoms with Crippen LogP contribution in [-0.4, -0.2) is 47.8 Å². The van der Waals surface area contributed by atoms with Crippen LogP contribution in [0.1, 0.15) is 19.3 Å². The molecule has 0 radical (unpaired) electrons. The number of sulfonamides is 1. The molecule has 1 fully saturated rings. The van der Waals surface area contributed by atoms with Gasteiger partial charge in [0.25, 0.3) is 0 Å². The maximum absolute atomic E-state index is 13.0. The van der Waals surface area contributed by atoms with Gasteiger partial charge >= 0.3 is 0 Å². The number of carbonyl (C=O) groups excluding carboxylic acids is 1. The summed E-state index contributed by atoms with van der Waals surface area (Å²) < 4.78 is 29.1. The zero-order valence-electron chi connectivity index (χ0n) is 13.2. The minimum atomic E-state index is -3.73. The third-order valence-electron chi connectivity index (χ3n) is 4.31. The first kappa shape index (κ1) is 15.9. The Morgan fingerprint density at radius 1 is 1.35 bits per heavy atom. The number of nitrogens with zero attached hydrogens (tertiary/aromatic N) is 3. The van der Waals surface area contributed by atoms with Crippen LogP contribution in [0, 0.1) is 0 Å². The van der Waals surface area contributed by atoms with Crippen LogP contribution in [0.3, 0.4) is 0 Å². The quantitative estimate of drug-likeness (QED) is 0.901. The summed E-state index contributed by atoms with van der Waals surface area (Å²) in [7, 11) is -0.339. The molecular weight excluding hydrogens is 316 g/mol. The third-order valence-corrected chi connectivity index (χ3v) is 6.21. The lowest BCUT2D eigenvalue weighted by Crippen LogP contribution is -2.51. The standard InChI is InChI=1S/C15H20N4O3S/c1-16-15(20)14-5-3-4-8-19(14)23(21,22)11-6-7-13-12(9-11)17-10-18(13)2/h6-7,9-10,14H,3-5,8H2,1-2H3,(H,16,20). The number of amides is 1. The maximum atomic E-state index is 13.0. The molecule has 1 aromatic carbocycles. The van der Waals surface area contributed by atoms with Crippen LogP contribution in [0.2, 0.25) is 0 Å². The molecule has 0 bridgehead atoms. The second kappa shape index (κ2) is 5.93. The average Bonchev–Trinajstić information content (AvgIpc) is 2.95. The highest BCUT2D eigenvalue weighted by molar-refractivity contribution is 7.89. The summed E-state index contributed by atoms with van der Waals surface area (Å²) in [5.74, 6) is -0.257. The molecule has 23 heavy (non-hydrogen) atoms. The molecule has 1 unspecified atom stereocenters. The first-order chi connectivity index (χ1) is 10.9. The lowest BCUT2D eigenvalue weighted by molar-refractivity contribution is -0.125. The van der Waals surface area contributed by atoms with Gasteiger partial charge in [0.05, 0.1) is 22.3 Å². The molecule has 1 amide bonds. The predicted octanol–water partition coefficient (Wildman–Crippen LogP) is 0.862. The average molecular weight is 336 g/mol. The molecule has 7 nitrogen and oxygen atoms in total. The number of aromatic nitrogens is 2. The zero-order chi connectivity index (χ0) is 16.6. The Hall–Kier alpha value is -1.93. The van der Waals surface area contributed by atoms with Crippen LogP contribution in [0.5, 0.6) is 0 Å². The van der Waals surface area contributed by atoms with E-state index in [-0.39, 0.29) is 10.8 Å². The van der Waals surface area contributed by atoms with E-state index in [1.807, 2.05) is 11.6 Å². The lowest BCUT2D eigenvalue weighted by atomic mass is 10.0. The van der Waals surface area contributed by atoms with Crippen molar-refractivity contribution in [2.75, 3.05) is 13.6 Å². The Balaban J connectivity index is 2.02. The molecule has 1 N–H and O–H groups in total. The molecular formula is C15H20N4O3S. The Bertz CT molecular complexity index is 844. The van der Waals surface area contributed by atoms with E-state index in [9.17, 15) is 13.2 Å². The van der Waals surface area contributed by atoms with Gasteiger partial charge in [0, 0.05) is 20.6 Å². The number of benzene rings is 1. The van der Waals surface area contributed by atoms with Crippen LogP contribution in [-0.2, 0) is 21.9 Å². The Morgan fingerprint density at radius 3 is 2.87 bits per heavy atom. The molecule has 2 heterocycles. The monoisotopic (exact) mass is 336 g/mol. The fourth-order valence-corrected chi connectivity index (χ4v) is 4.71. The van der Waals surface area contributed by atoms with E-state index in [0.29, 0.717) is 18.5 Å². The number of hydrogen-bond acceptors (Lipinski definition) is 4. The topological polar surface area (TPSA) is 84.3 Å². The van der Waals surface area contributed by atoms with Crippen LogP contribution in [0.15, 0.2) is 29.4 Å². The largest absolute Gasteiger partial charge is 0.358 e. The van der Waals surface area contributed by atoms with Crippen molar-refractivity contribution in [3.05, 3.63) is 24.5 Å². The highest BCUT2D eigenvalue weighted by Crippen LogP contribution is 2.27. The Morgan fingerprint density at radius 2 is 2.13 bits per heavy atom. The van der Waals surface area contributed by atoms with Gasteiger partial charge in [-0.2, -0.15) is 4.31 Å². The number of likely N-dealkylation sites (N-methyl/N-ethyl adjacent to an activating group) is 1. The van der Waals surface area contributed by atoms with Gasteiger partial charge in [-0.1, -0.05) is 6.42 Å².